The third-order valence-corrected chi connectivity index (χ3v) is 4.77. The molecule has 3 aromatic rings. The summed E-state index contributed by atoms with van der Waals surface area (Å²) >= 11 is 5.84. The largest absolute Gasteiger partial charge is 0.485 e. The van der Waals surface area contributed by atoms with Crippen LogP contribution in [0.25, 0.3) is 6.08 Å². The Bertz CT molecular complexity index is 1150. The van der Waals surface area contributed by atoms with E-state index in [9.17, 15) is 9.59 Å². The lowest BCUT2D eigenvalue weighted by Gasteiger charge is -2.07. The van der Waals surface area contributed by atoms with Crippen LogP contribution in [0.4, 0.5) is 0 Å². The molecular formula is C25H17ClO4. The molecule has 5 heteroatoms. The average molecular weight is 417 g/mol. The van der Waals surface area contributed by atoms with E-state index in [1.807, 2.05) is 36.4 Å². The van der Waals surface area contributed by atoms with Crippen molar-refractivity contribution in [1.82, 2.24) is 0 Å². The molecule has 0 bridgehead atoms. The fraction of sp³-hybridized carbons (Fsp3) is 0.0400. The molecule has 0 amide bonds. The van der Waals surface area contributed by atoms with Gasteiger partial charge in [-0.3, -0.25) is 9.59 Å². The van der Waals surface area contributed by atoms with Crippen LogP contribution in [0.2, 0.25) is 5.02 Å². The normalized spacial score (nSPS) is 14.0. The van der Waals surface area contributed by atoms with Crippen molar-refractivity contribution in [2.75, 3.05) is 6.61 Å². The van der Waals surface area contributed by atoms with Gasteiger partial charge in [-0.2, -0.15) is 0 Å². The molecule has 0 fully saturated rings. The second-order valence-corrected chi connectivity index (χ2v) is 7.05. The van der Waals surface area contributed by atoms with Crippen molar-refractivity contribution in [3.63, 3.8) is 0 Å². The molecule has 1 heterocycles. The first-order valence-electron chi connectivity index (χ1n) is 9.32. The molecule has 0 spiro atoms. The Kier molecular flexibility index (Phi) is 5.77. The predicted molar refractivity (Wildman–Crippen MR) is 116 cm³/mol. The minimum Gasteiger partial charge on any atom is -0.485 e. The van der Waals surface area contributed by atoms with Crippen molar-refractivity contribution in [2.24, 2.45) is 0 Å². The Hall–Kier alpha value is -3.63. The molecule has 0 unspecified atom stereocenters. The molecule has 0 aliphatic carbocycles. The highest BCUT2D eigenvalue weighted by molar-refractivity contribution is 6.30. The van der Waals surface area contributed by atoms with Crippen LogP contribution in [0.5, 0.6) is 11.5 Å². The monoisotopic (exact) mass is 416 g/mol. The summed E-state index contributed by atoms with van der Waals surface area (Å²) in [5.74, 6) is 0.745. The molecule has 148 valence electrons. The molecule has 0 aromatic heterocycles. The standard InChI is InChI=1S/C25H17ClO4/c26-19-11-9-18(10-12-19)22(27)16-29-20-13-14-21-24(15-20)30-23(25(21)28)8-4-7-17-5-2-1-3-6-17/h1-15H,16H2. The number of carbonyl (C=O) groups excluding carboxylic acids is 2. The maximum Gasteiger partial charge on any atom is 0.231 e. The van der Waals surface area contributed by atoms with Gasteiger partial charge < -0.3 is 9.47 Å². The Morgan fingerprint density at radius 3 is 2.53 bits per heavy atom. The van der Waals surface area contributed by atoms with Gasteiger partial charge in [-0.05, 0) is 48.0 Å². The van der Waals surface area contributed by atoms with Gasteiger partial charge in [0, 0.05) is 16.7 Å². The van der Waals surface area contributed by atoms with E-state index in [-0.39, 0.29) is 23.9 Å². The van der Waals surface area contributed by atoms with E-state index >= 15 is 0 Å². The van der Waals surface area contributed by atoms with Crippen LogP contribution >= 0.6 is 11.6 Å². The zero-order chi connectivity index (χ0) is 20.9. The van der Waals surface area contributed by atoms with Crippen LogP contribution in [0, 0.1) is 0 Å². The number of hydrogen-bond donors (Lipinski definition) is 0. The molecule has 0 saturated heterocycles. The Balaban J connectivity index is 1.41. The lowest BCUT2D eigenvalue weighted by molar-refractivity contribution is 0.0921. The number of Topliss-reactive ketones (excluding diaryl/α,β-unsaturated/α-hetero) is 2. The Morgan fingerprint density at radius 1 is 1.00 bits per heavy atom. The van der Waals surface area contributed by atoms with E-state index in [1.54, 1.807) is 54.6 Å². The summed E-state index contributed by atoms with van der Waals surface area (Å²) in [4.78, 5) is 24.7. The summed E-state index contributed by atoms with van der Waals surface area (Å²) < 4.78 is 11.3. The van der Waals surface area contributed by atoms with Crippen molar-refractivity contribution < 1.29 is 19.1 Å². The third-order valence-electron chi connectivity index (χ3n) is 4.51. The van der Waals surface area contributed by atoms with Crippen molar-refractivity contribution in [3.8, 4) is 11.5 Å². The van der Waals surface area contributed by atoms with Gasteiger partial charge in [0.2, 0.25) is 5.78 Å². The molecule has 3 aromatic carbocycles. The summed E-state index contributed by atoms with van der Waals surface area (Å²) in [5, 5.41) is 0.565. The van der Waals surface area contributed by atoms with Gasteiger partial charge in [0.05, 0.1) is 5.56 Å². The SMILES string of the molecule is O=C(COc1ccc2c(c1)OC(=CC=Cc1ccccc1)C2=O)c1ccc(Cl)cc1. The number of fused-ring (bicyclic) bond motifs is 1. The van der Waals surface area contributed by atoms with Crippen LogP contribution in [0.15, 0.2) is 90.7 Å². The molecule has 4 rings (SSSR count). The van der Waals surface area contributed by atoms with Gasteiger partial charge in [-0.15, -0.1) is 0 Å². The van der Waals surface area contributed by atoms with Gasteiger partial charge >= 0.3 is 0 Å². The van der Waals surface area contributed by atoms with Crippen molar-refractivity contribution >= 4 is 29.2 Å². The minimum atomic E-state index is -0.188. The number of ether oxygens (including phenoxy) is 2. The van der Waals surface area contributed by atoms with Gasteiger partial charge in [0.25, 0.3) is 0 Å². The molecule has 0 saturated carbocycles. The summed E-state index contributed by atoms with van der Waals surface area (Å²) in [6.45, 7) is -0.128. The van der Waals surface area contributed by atoms with Crippen LogP contribution < -0.4 is 9.47 Å². The molecule has 30 heavy (non-hydrogen) atoms. The van der Waals surface area contributed by atoms with Gasteiger partial charge in [-0.25, -0.2) is 0 Å². The van der Waals surface area contributed by atoms with Gasteiger partial charge in [0.15, 0.2) is 18.1 Å². The Morgan fingerprint density at radius 2 is 1.77 bits per heavy atom. The molecule has 1 aliphatic rings. The van der Waals surface area contributed by atoms with E-state index in [0.717, 1.165) is 5.56 Å². The number of allylic oxidation sites excluding steroid dienone is 3. The Labute approximate surface area is 179 Å². The maximum atomic E-state index is 12.5. The highest BCUT2D eigenvalue weighted by Crippen LogP contribution is 2.34. The van der Waals surface area contributed by atoms with E-state index in [2.05, 4.69) is 0 Å². The molecule has 0 radical (unpaired) electrons. The second-order valence-electron chi connectivity index (χ2n) is 6.61. The molecule has 0 atom stereocenters. The van der Waals surface area contributed by atoms with Crippen molar-refractivity contribution in [1.29, 1.82) is 0 Å². The number of carbonyl (C=O) groups is 2. The predicted octanol–water partition coefficient (Wildman–Crippen LogP) is 5.77. The lowest BCUT2D eigenvalue weighted by atomic mass is 10.1. The zero-order valence-corrected chi connectivity index (χ0v) is 16.6. The van der Waals surface area contributed by atoms with Gasteiger partial charge in [0.1, 0.15) is 11.5 Å². The highest BCUT2D eigenvalue weighted by Gasteiger charge is 2.27. The average Bonchev–Trinajstić information content (AvgIpc) is 3.08. The van der Waals surface area contributed by atoms with E-state index < -0.39 is 0 Å². The number of hydrogen-bond acceptors (Lipinski definition) is 4. The first kappa shape index (κ1) is 19.7. The topological polar surface area (TPSA) is 52.6 Å². The fourth-order valence-electron chi connectivity index (χ4n) is 2.95. The van der Waals surface area contributed by atoms with Crippen LogP contribution in [0.1, 0.15) is 26.3 Å². The minimum absolute atomic E-state index is 0.128. The van der Waals surface area contributed by atoms with E-state index in [0.29, 0.717) is 27.6 Å². The van der Waals surface area contributed by atoms with E-state index in [4.69, 9.17) is 21.1 Å². The summed E-state index contributed by atoms with van der Waals surface area (Å²) in [5.41, 5.74) is 2.01. The zero-order valence-electron chi connectivity index (χ0n) is 15.9. The number of benzene rings is 3. The summed E-state index contributed by atoms with van der Waals surface area (Å²) in [6, 6.07) is 21.3. The first-order chi connectivity index (χ1) is 14.6. The molecule has 1 aliphatic heterocycles. The van der Waals surface area contributed by atoms with Crippen molar-refractivity contribution in [3.05, 3.63) is 112 Å². The quantitative estimate of drug-likeness (QED) is 0.378. The molecule has 4 nitrogen and oxygen atoms in total. The number of halogens is 1. The molecule has 0 N–H and O–H groups in total. The van der Waals surface area contributed by atoms with Crippen LogP contribution in [0.3, 0.4) is 0 Å². The van der Waals surface area contributed by atoms with E-state index in [1.165, 1.54) is 0 Å². The number of rotatable bonds is 6. The lowest BCUT2D eigenvalue weighted by Crippen LogP contribution is -2.11. The highest BCUT2D eigenvalue weighted by atomic mass is 35.5. The van der Waals surface area contributed by atoms with Crippen LogP contribution in [-0.4, -0.2) is 18.2 Å². The third kappa shape index (κ3) is 4.50. The second kappa shape index (κ2) is 8.80. The van der Waals surface area contributed by atoms with Crippen LogP contribution in [-0.2, 0) is 0 Å². The smallest absolute Gasteiger partial charge is 0.231 e. The number of ketones is 2. The maximum absolute atomic E-state index is 12.5. The fourth-order valence-corrected chi connectivity index (χ4v) is 3.08. The van der Waals surface area contributed by atoms with Gasteiger partial charge in [-0.1, -0.05) is 54.1 Å². The summed E-state index contributed by atoms with van der Waals surface area (Å²) in [6.07, 6.45) is 5.31. The first-order valence-corrected chi connectivity index (χ1v) is 9.69. The van der Waals surface area contributed by atoms with Crippen molar-refractivity contribution in [2.45, 2.75) is 0 Å². The molecular weight excluding hydrogens is 400 g/mol. The summed E-state index contributed by atoms with van der Waals surface area (Å²) in [7, 11) is 0.